The zero-order valence-electron chi connectivity index (χ0n) is 21.6. The molecule has 0 aromatic rings. The summed E-state index contributed by atoms with van der Waals surface area (Å²) in [5.41, 5.74) is 0.828. The van der Waals surface area contributed by atoms with Crippen molar-refractivity contribution in [2.45, 2.75) is 117 Å². The van der Waals surface area contributed by atoms with Crippen LogP contribution in [0.4, 0.5) is 0 Å². The third-order valence-electron chi connectivity index (χ3n) is 12.2. The van der Waals surface area contributed by atoms with Crippen molar-refractivity contribution >= 4 is 5.97 Å². The topological polar surface area (TPSA) is 44.8 Å². The van der Waals surface area contributed by atoms with Gasteiger partial charge in [-0.3, -0.25) is 4.79 Å². The van der Waals surface area contributed by atoms with Gasteiger partial charge in [-0.05, 0) is 104 Å². The number of ether oxygens (including phenoxy) is 3. The van der Waals surface area contributed by atoms with E-state index in [2.05, 4.69) is 27.7 Å². The first-order valence-electron chi connectivity index (χ1n) is 14.2. The molecule has 2 heterocycles. The van der Waals surface area contributed by atoms with Gasteiger partial charge in [-0.25, -0.2) is 0 Å². The van der Waals surface area contributed by atoms with Crippen molar-refractivity contribution in [2.24, 2.45) is 52.3 Å². The second-order valence-electron chi connectivity index (χ2n) is 13.7. The predicted molar refractivity (Wildman–Crippen MR) is 127 cm³/mol. The fourth-order valence-electron chi connectivity index (χ4n) is 10.6. The summed E-state index contributed by atoms with van der Waals surface area (Å²) in [6.45, 7) is 12.4. The van der Waals surface area contributed by atoms with E-state index in [1.54, 1.807) is 6.92 Å². The molecule has 0 amide bonds. The molecule has 12 atom stereocenters. The van der Waals surface area contributed by atoms with Crippen molar-refractivity contribution in [1.82, 2.24) is 0 Å². The lowest BCUT2D eigenvalue weighted by atomic mass is 9.44. The van der Waals surface area contributed by atoms with Gasteiger partial charge in [-0.1, -0.05) is 27.7 Å². The molecule has 33 heavy (non-hydrogen) atoms. The molecule has 0 aromatic heterocycles. The average molecular weight is 459 g/mol. The second-order valence-corrected chi connectivity index (χ2v) is 13.7. The van der Waals surface area contributed by atoms with Gasteiger partial charge in [0, 0.05) is 19.3 Å². The Kier molecular flexibility index (Phi) is 5.32. The molecule has 0 unspecified atom stereocenters. The third kappa shape index (κ3) is 3.25. The maximum Gasteiger partial charge on any atom is 0.302 e. The van der Waals surface area contributed by atoms with Crippen molar-refractivity contribution in [3.05, 3.63) is 0 Å². The molecule has 4 nitrogen and oxygen atoms in total. The number of carbonyl (C=O) groups excluding carboxylic acids is 1. The number of hydrogen-bond acceptors (Lipinski definition) is 4. The van der Waals surface area contributed by atoms with Crippen LogP contribution in [-0.2, 0) is 19.0 Å². The van der Waals surface area contributed by atoms with Crippen LogP contribution in [0.5, 0.6) is 0 Å². The normalized spacial score (nSPS) is 57.7. The minimum absolute atomic E-state index is 0.105. The van der Waals surface area contributed by atoms with E-state index in [1.807, 2.05) is 0 Å². The summed E-state index contributed by atoms with van der Waals surface area (Å²) in [4.78, 5) is 11.5. The average Bonchev–Trinajstić information content (AvgIpc) is 3.21. The monoisotopic (exact) mass is 458 g/mol. The van der Waals surface area contributed by atoms with Crippen molar-refractivity contribution < 1.29 is 19.0 Å². The number of esters is 1. The minimum Gasteiger partial charge on any atom is -0.463 e. The van der Waals surface area contributed by atoms with Crippen LogP contribution in [0.2, 0.25) is 0 Å². The lowest BCUT2D eigenvalue weighted by Gasteiger charge is -2.61. The van der Waals surface area contributed by atoms with Crippen molar-refractivity contribution in [1.29, 1.82) is 0 Å². The minimum atomic E-state index is -0.300. The van der Waals surface area contributed by atoms with Gasteiger partial charge < -0.3 is 14.2 Å². The van der Waals surface area contributed by atoms with Crippen LogP contribution in [0.1, 0.15) is 98.8 Å². The lowest BCUT2D eigenvalue weighted by molar-refractivity contribution is -0.273. The predicted octanol–water partition coefficient (Wildman–Crippen LogP) is 6.36. The van der Waals surface area contributed by atoms with Gasteiger partial charge in [0.2, 0.25) is 0 Å². The Bertz CT molecular complexity index is 786. The molecule has 2 aliphatic heterocycles. The van der Waals surface area contributed by atoms with Gasteiger partial charge in [0.1, 0.15) is 6.10 Å². The molecule has 6 rings (SSSR count). The molecule has 0 aromatic carbocycles. The summed E-state index contributed by atoms with van der Waals surface area (Å²) in [7, 11) is 0. The van der Waals surface area contributed by atoms with E-state index in [0.717, 1.165) is 49.5 Å². The van der Waals surface area contributed by atoms with Crippen molar-refractivity contribution in [3.8, 4) is 0 Å². The first-order chi connectivity index (χ1) is 15.7. The molecule has 0 N–H and O–H groups in total. The summed E-state index contributed by atoms with van der Waals surface area (Å²) in [5.74, 6) is 4.63. The molecular formula is C29H46O4. The molecule has 2 saturated heterocycles. The number of fused-ring (bicyclic) bond motifs is 7. The summed E-state index contributed by atoms with van der Waals surface area (Å²) >= 11 is 0. The van der Waals surface area contributed by atoms with Crippen LogP contribution in [0.25, 0.3) is 0 Å². The van der Waals surface area contributed by atoms with Gasteiger partial charge in [0.05, 0.1) is 12.7 Å². The zero-order chi connectivity index (χ0) is 23.2. The fourth-order valence-corrected chi connectivity index (χ4v) is 10.6. The first kappa shape index (κ1) is 22.8. The molecule has 4 saturated carbocycles. The molecule has 1 spiro atoms. The van der Waals surface area contributed by atoms with Gasteiger partial charge in [0.25, 0.3) is 0 Å². The maximum atomic E-state index is 11.5. The number of carbonyl (C=O) groups is 1. The smallest absolute Gasteiger partial charge is 0.302 e. The van der Waals surface area contributed by atoms with Crippen LogP contribution < -0.4 is 0 Å². The van der Waals surface area contributed by atoms with Crippen molar-refractivity contribution in [2.75, 3.05) is 6.61 Å². The maximum absolute atomic E-state index is 11.5. The summed E-state index contributed by atoms with van der Waals surface area (Å²) in [6, 6.07) is 0. The Morgan fingerprint density at radius 2 is 1.70 bits per heavy atom. The highest BCUT2D eigenvalue weighted by Crippen LogP contribution is 2.71. The number of rotatable bonds is 1. The van der Waals surface area contributed by atoms with Gasteiger partial charge in [-0.15, -0.1) is 0 Å². The summed E-state index contributed by atoms with van der Waals surface area (Å²) < 4.78 is 19.1. The second kappa shape index (κ2) is 7.69. The summed E-state index contributed by atoms with van der Waals surface area (Å²) in [5, 5.41) is 0. The first-order valence-corrected chi connectivity index (χ1v) is 14.2. The Labute approximate surface area is 200 Å². The largest absolute Gasteiger partial charge is 0.463 e. The molecule has 0 radical (unpaired) electrons. The third-order valence-corrected chi connectivity index (χ3v) is 12.2. The highest BCUT2D eigenvalue weighted by Gasteiger charge is 2.69. The van der Waals surface area contributed by atoms with E-state index in [9.17, 15) is 4.79 Å². The van der Waals surface area contributed by atoms with E-state index in [-0.39, 0.29) is 17.9 Å². The van der Waals surface area contributed by atoms with E-state index in [4.69, 9.17) is 14.2 Å². The Morgan fingerprint density at radius 1 is 0.909 bits per heavy atom. The van der Waals surface area contributed by atoms with Crippen molar-refractivity contribution in [3.63, 3.8) is 0 Å². The van der Waals surface area contributed by atoms with Gasteiger partial charge in [-0.2, -0.15) is 0 Å². The molecule has 4 heteroatoms. The van der Waals surface area contributed by atoms with Crippen LogP contribution >= 0.6 is 0 Å². The molecule has 6 aliphatic rings. The Balaban J connectivity index is 1.21. The quantitative estimate of drug-likeness (QED) is 0.429. The van der Waals surface area contributed by atoms with E-state index in [0.29, 0.717) is 34.7 Å². The lowest BCUT2D eigenvalue weighted by Crippen LogP contribution is -2.55. The number of hydrogen-bond donors (Lipinski definition) is 0. The zero-order valence-corrected chi connectivity index (χ0v) is 21.6. The van der Waals surface area contributed by atoms with E-state index >= 15 is 0 Å². The van der Waals surface area contributed by atoms with Crippen LogP contribution in [0.15, 0.2) is 0 Å². The fraction of sp³-hybridized carbons (Fsp3) is 0.966. The molecule has 0 bridgehead atoms. The molecule has 6 fully saturated rings. The summed E-state index contributed by atoms with van der Waals surface area (Å²) in [6.07, 6.45) is 12.9. The van der Waals surface area contributed by atoms with Gasteiger partial charge >= 0.3 is 5.97 Å². The van der Waals surface area contributed by atoms with Gasteiger partial charge in [0.15, 0.2) is 5.79 Å². The SMILES string of the molecule is CC(=O)O[C@H]1CC[C@@]2(C)[C@@H](CC[C@H]3[C@H]2CC[C@]2(C)[C@@H]4[C@@H](C[C@H]32)O[C@]2(CC[C@@H](C)CO2)[C@H]4C)C1. The van der Waals surface area contributed by atoms with Crippen LogP contribution in [-0.4, -0.2) is 30.6 Å². The highest BCUT2D eigenvalue weighted by molar-refractivity contribution is 5.66. The highest BCUT2D eigenvalue weighted by atomic mass is 16.7. The molecule has 4 aliphatic carbocycles. The van der Waals surface area contributed by atoms with E-state index < -0.39 is 0 Å². The molecular weight excluding hydrogens is 412 g/mol. The van der Waals surface area contributed by atoms with Crippen LogP contribution in [0.3, 0.4) is 0 Å². The Morgan fingerprint density at radius 3 is 2.42 bits per heavy atom. The van der Waals surface area contributed by atoms with E-state index in [1.165, 1.54) is 44.9 Å². The Hall–Kier alpha value is -0.610. The van der Waals surface area contributed by atoms with Crippen LogP contribution in [0, 0.1) is 52.3 Å². The molecule has 186 valence electrons. The standard InChI is InChI=1S/C29H46O4/c1-17-8-13-29(31-16-17)18(2)26-25(33-29)15-24-22-7-6-20-14-21(32-19(3)30)9-11-27(20,4)23(22)10-12-28(24,26)5/h17-18,20-26H,6-16H2,1-5H3/t17-,18+,20+,21+,22+,23-,24-,25-,26+,27+,28+,29-/m1/s1.